The molecule has 30 heavy (non-hydrogen) atoms. The lowest BCUT2D eigenvalue weighted by molar-refractivity contribution is -0.384. The Morgan fingerprint density at radius 2 is 2.10 bits per heavy atom. The lowest BCUT2D eigenvalue weighted by atomic mass is 9.75. The first-order chi connectivity index (χ1) is 14.5. The van der Waals surface area contributed by atoms with Crippen LogP contribution >= 0.6 is 0 Å². The lowest BCUT2D eigenvalue weighted by Crippen LogP contribution is -2.35. The molecule has 2 N–H and O–H groups in total. The molecule has 1 amide bonds. The number of amides is 1. The van der Waals surface area contributed by atoms with Crippen LogP contribution in [0.25, 0.3) is 0 Å². The topological polar surface area (TPSA) is 114 Å². The highest BCUT2D eigenvalue weighted by Crippen LogP contribution is 2.43. The Labute approximate surface area is 172 Å². The van der Waals surface area contributed by atoms with Gasteiger partial charge in [0.25, 0.3) is 11.6 Å². The zero-order chi connectivity index (χ0) is 21.3. The number of nitrogens with one attached hydrogen (secondary N) is 2. The van der Waals surface area contributed by atoms with Crippen LogP contribution in [0, 0.1) is 10.1 Å². The van der Waals surface area contributed by atoms with E-state index in [1.807, 2.05) is 0 Å². The van der Waals surface area contributed by atoms with Crippen molar-refractivity contribution in [2.24, 2.45) is 0 Å². The van der Waals surface area contributed by atoms with E-state index in [0.29, 0.717) is 40.9 Å². The van der Waals surface area contributed by atoms with Crippen molar-refractivity contribution in [2.45, 2.75) is 32.1 Å². The summed E-state index contributed by atoms with van der Waals surface area (Å²) in [6, 6.07) is 9.56. The summed E-state index contributed by atoms with van der Waals surface area (Å²) in [7, 11) is 0. The number of benzene rings is 1. The molecule has 0 bridgehead atoms. The van der Waals surface area contributed by atoms with Gasteiger partial charge in [0.2, 0.25) is 0 Å². The first kappa shape index (κ1) is 19.5. The molecule has 1 aromatic heterocycles. The number of carbonyl (C=O) groups is 2. The molecule has 152 valence electrons. The standard InChI is InChI=1S/C22H20N4O4/c1-13-19(22(28)25-15-6-4-10-23-12-15)20(14-5-2-7-16(11-14)26(29)30)21-17(24-13)8-3-9-18(21)27/h2,4-7,10-12,20,24H,3,8-9H2,1H3,(H,25,28)/t20-/m1/s1. The van der Waals surface area contributed by atoms with Crippen LogP contribution in [0.5, 0.6) is 0 Å². The molecule has 1 aliphatic heterocycles. The molecule has 0 radical (unpaired) electrons. The smallest absolute Gasteiger partial charge is 0.269 e. The minimum absolute atomic E-state index is 0.0422. The van der Waals surface area contributed by atoms with Crippen LogP contribution in [0.4, 0.5) is 11.4 Å². The Morgan fingerprint density at radius 1 is 1.27 bits per heavy atom. The van der Waals surface area contributed by atoms with E-state index in [0.717, 1.165) is 12.1 Å². The first-order valence-corrected chi connectivity index (χ1v) is 9.65. The number of anilines is 1. The van der Waals surface area contributed by atoms with E-state index in [2.05, 4.69) is 15.6 Å². The average molecular weight is 404 g/mol. The number of Topliss-reactive ketones (excluding diaryl/α,β-unsaturated/α-hetero) is 1. The van der Waals surface area contributed by atoms with Crippen molar-refractivity contribution in [3.8, 4) is 0 Å². The number of hydrogen-bond acceptors (Lipinski definition) is 6. The van der Waals surface area contributed by atoms with E-state index in [1.165, 1.54) is 18.3 Å². The quantitative estimate of drug-likeness (QED) is 0.594. The number of ketones is 1. The van der Waals surface area contributed by atoms with Crippen LogP contribution in [-0.2, 0) is 9.59 Å². The SMILES string of the molecule is CC1=C(C(=O)Nc2cccnc2)[C@@H](c2cccc([N+](=O)[O-])c2)C2=C(CCCC2=O)N1. The molecular formula is C22H20N4O4. The summed E-state index contributed by atoms with van der Waals surface area (Å²) in [6.45, 7) is 1.78. The van der Waals surface area contributed by atoms with Crippen LogP contribution in [0.3, 0.4) is 0 Å². The number of rotatable bonds is 4. The number of nitrogens with zero attached hydrogens (tertiary/aromatic N) is 2. The molecule has 0 spiro atoms. The van der Waals surface area contributed by atoms with Gasteiger partial charge in [0, 0.05) is 53.2 Å². The van der Waals surface area contributed by atoms with Gasteiger partial charge >= 0.3 is 0 Å². The largest absolute Gasteiger partial charge is 0.362 e. The summed E-state index contributed by atoms with van der Waals surface area (Å²) in [5.41, 5.74) is 3.29. The Bertz CT molecular complexity index is 1110. The summed E-state index contributed by atoms with van der Waals surface area (Å²) in [5, 5.41) is 17.4. The minimum atomic E-state index is -0.675. The molecule has 2 aromatic rings. The second-order valence-electron chi connectivity index (χ2n) is 7.31. The molecule has 1 aliphatic carbocycles. The third-order valence-corrected chi connectivity index (χ3v) is 5.35. The lowest BCUT2D eigenvalue weighted by Gasteiger charge is -2.34. The Kier molecular flexibility index (Phi) is 5.14. The predicted octanol–water partition coefficient (Wildman–Crippen LogP) is 3.60. The third-order valence-electron chi connectivity index (χ3n) is 5.35. The number of allylic oxidation sites excluding steroid dienone is 3. The molecule has 0 saturated heterocycles. The fourth-order valence-electron chi connectivity index (χ4n) is 4.07. The number of nitro groups is 1. The van der Waals surface area contributed by atoms with Crippen molar-refractivity contribution in [3.63, 3.8) is 0 Å². The average Bonchev–Trinajstić information content (AvgIpc) is 2.73. The summed E-state index contributed by atoms with van der Waals surface area (Å²) in [4.78, 5) is 41.0. The number of carbonyl (C=O) groups excluding carboxylic acids is 2. The van der Waals surface area contributed by atoms with Gasteiger partial charge in [-0.3, -0.25) is 24.7 Å². The summed E-state index contributed by atoms with van der Waals surface area (Å²) in [5.74, 6) is -1.10. The van der Waals surface area contributed by atoms with Crippen LogP contribution in [0.15, 0.2) is 71.3 Å². The van der Waals surface area contributed by atoms with E-state index in [-0.39, 0.29) is 17.4 Å². The number of nitro benzene ring substituents is 1. The van der Waals surface area contributed by atoms with Crippen molar-refractivity contribution in [2.75, 3.05) is 5.32 Å². The monoisotopic (exact) mass is 404 g/mol. The highest BCUT2D eigenvalue weighted by Gasteiger charge is 2.38. The molecule has 2 heterocycles. The maximum Gasteiger partial charge on any atom is 0.269 e. The molecule has 1 aromatic carbocycles. The molecule has 4 rings (SSSR count). The Morgan fingerprint density at radius 3 is 2.83 bits per heavy atom. The first-order valence-electron chi connectivity index (χ1n) is 9.65. The van der Waals surface area contributed by atoms with Crippen molar-refractivity contribution in [1.82, 2.24) is 10.3 Å². The van der Waals surface area contributed by atoms with Gasteiger partial charge in [0.15, 0.2) is 5.78 Å². The van der Waals surface area contributed by atoms with E-state index >= 15 is 0 Å². The molecule has 1 atom stereocenters. The maximum atomic E-state index is 13.3. The van der Waals surface area contributed by atoms with E-state index < -0.39 is 10.8 Å². The van der Waals surface area contributed by atoms with Crippen LogP contribution in [0.2, 0.25) is 0 Å². The molecule has 0 unspecified atom stereocenters. The number of non-ortho nitro benzene ring substituents is 1. The van der Waals surface area contributed by atoms with E-state index in [4.69, 9.17) is 0 Å². The normalized spacial score (nSPS) is 18.6. The highest BCUT2D eigenvalue weighted by molar-refractivity contribution is 6.09. The van der Waals surface area contributed by atoms with Crippen molar-refractivity contribution in [1.29, 1.82) is 0 Å². The van der Waals surface area contributed by atoms with Gasteiger partial charge in [-0.15, -0.1) is 0 Å². The summed E-state index contributed by atoms with van der Waals surface area (Å²) in [6.07, 6.45) is 4.95. The van der Waals surface area contributed by atoms with Crippen molar-refractivity contribution in [3.05, 3.63) is 87.0 Å². The van der Waals surface area contributed by atoms with E-state index in [1.54, 1.807) is 37.4 Å². The highest BCUT2D eigenvalue weighted by atomic mass is 16.6. The number of hydrogen-bond donors (Lipinski definition) is 2. The van der Waals surface area contributed by atoms with Crippen molar-refractivity contribution < 1.29 is 14.5 Å². The second-order valence-corrected chi connectivity index (χ2v) is 7.31. The van der Waals surface area contributed by atoms with Gasteiger partial charge in [0.05, 0.1) is 16.8 Å². The summed E-state index contributed by atoms with van der Waals surface area (Å²) >= 11 is 0. The third kappa shape index (κ3) is 3.59. The minimum Gasteiger partial charge on any atom is -0.362 e. The van der Waals surface area contributed by atoms with Gasteiger partial charge in [-0.05, 0) is 37.5 Å². The molecular weight excluding hydrogens is 384 g/mol. The van der Waals surface area contributed by atoms with Gasteiger partial charge in [-0.2, -0.15) is 0 Å². The maximum absolute atomic E-state index is 13.3. The van der Waals surface area contributed by atoms with Crippen LogP contribution in [-0.4, -0.2) is 21.6 Å². The van der Waals surface area contributed by atoms with Crippen LogP contribution in [0.1, 0.15) is 37.7 Å². The fourth-order valence-corrected chi connectivity index (χ4v) is 4.07. The molecule has 8 nitrogen and oxygen atoms in total. The second kappa shape index (κ2) is 7.90. The van der Waals surface area contributed by atoms with Gasteiger partial charge in [-0.1, -0.05) is 12.1 Å². The molecule has 0 saturated carbocycles. The van der Waals surface area contributed by atoms with Crippen LogP contribution < -0.4 is 10.6 Å². The molecule has 2 aliphatic rings. The summed E-state index contributed by atoms with van der Waals surface area (Å²) < 4.78 is 0. The zero-order valence-electron chi connectivity index (χ0n) is 16.3. The molecule has 0 fully saturated rings. The van der Waals surface area contributed by atoms with Crippen molar-refractivity contribution >= 4 is 23.1 Å². The van der Waals surface area contributed by atoms with E-state index in [9.17, 15) is 19.7 Å². The Balaban J connectivity index is 1.82. The predicted molar refractivity (Wildman–Crippen MR) is 110 cm³/mol. The number of dihydropyridines is 1. The van der Waals surface area contributed by atoms with Gasteiger partial charge in [-0.25, -0.2) is 0 Å². The fraction of sp³-hybridized carbons (Fsp3) is 0.227. The number of aromatic nitrogens is 1. The van der Waals surface area contributed by atoms with Gasteiger partial charge < -0.3 is 10.6 Å². The Hall–Kier alpha value is -3.81. The van der Waals surface area contributed by atoms with Gasteiger partial charge in [0.1, 0.15) is 0 Å². The number of pyridine rings is 1. The zero-order valence-corrected chi connectivity index (χ0v) is 16.3. The molecule has 8 heteroatoms.